The average Bonchev–Trinajstić information content (AvgIpc) is 2.90. The Bertz CT molecular complexity index is 791. The summed E-state index contributed by atoms with van der Waals surface area (Å²) >= 11 is 0. The average molecular weight is 306 g/mol. The third kappa shape index (κ3) is 3.14. The molecule has 118 valence electrons. The monoisotopic (exact) mass is 306 g/mol. The first-order chi connectivity index (χ1) is 11.2. The van der Waals surface area contributed by atoms with E-state index in [-0.39, 0.29) is 5.88 Å². The lowest BCUT2D eigenvalue weighted by Gasteiger charge is -2.04. The fourth-order valence-electron chi connectivity index (χ4n) is 2.78. The summed E-state index contributed by atoms with van der Waals surface area (Å²) in [6, 6.07) is 18.2. The lowest BCUT2D eigenvalue weighted by molar-refractivity contribution is 0.395. The summed E-state index contributed by atoms with van der Waals surface area (Å²) in [6.07, 6.45) is 2.07. The van der Waals surface area contributed by atoms with Crippen molar-refractivity contribution in [3.8, 4) is 28.3 Å². The van der Waals surface area contributed by atoms with Gasteiger partial charge in [-0.1, -0.05) is 67.4 Å². The molecule has 0 aliphatic carbocycles. The van der Waals surface area contributed by atoms with Crippen molar-refractivity contribution in [1.82, 2.24) is 9.78 Å². The Balaban J connectivity index is 2.17. The molecule has 0 aliphatic heterocycles. The van der Waals surface area contributed by atoms with Crippen LogP contribution in [0.5, 0.6) is 5.88 Å². The highest BCUT2D eigenvalue weighted by Gasteiger charge is 2.20. The SMILES string of the molecule is CCCCn1nc(-c2cccc(C)c2)c(-c2ccccc2)c1O. The van der Waals surface area contributed by atoms with Crippen molar-refractivity contribution >= 4 is 0 Å². The van der Waals surface area contributed by atoms with Crippen molar-refractivity contribution in [2.45, 2.75) is 33.2 Å². The lowest BCUT2D eigenvalue weighted by atomic mass is 10.0. The second-order valence-electron chi connectivity index (χ2n) is 5.86. The van der Waals surface area contributed by atoms with Gasteiger partial charge in [0.25, 0.3) is 0 Å². The normalized spacial score (nSPS) is 10.9. The van der Waals surface area contributed by atoms with Gasteiger partial charge in [0, 0.05) is 12.1 Å². The number of benzene rings is 2. The Morgan fingerprint density at radius 3 is 2.43 bits per heavy atom. The molecule has 0 atom stereocenters. The minimum Gasteiger partial charge on any atom is -0.493 e. The Kier molecular flexibility index (Phi) is 4.47. The third-order valence-electron chi connectivity index (χ3n) is 4.00. The number of hydrogen-bond donors (Lipinski definition) is 1. The van der Waals surface area contributed by atoms with Gasteiger partial charge >= 0.3 is 0 Å². The Labute approximate surface area is 137 Å². The topological polar surface area (TPSA) is 38.0 Å². The summed E-state index contributed by atoms with van der Waals surface area (Å²) < 4.78 is 1.73. The highest BCUT2D eigenvalue weighted by Crippen LogP contribution is 2.38. The van der Waals surface area contributed by atoms with Crippen LogP contribution in [0.2, 0.25) is 0 Å². The van der Waals surface area contributed by atoms with E-state index in [2.05, 4.69) is 26.0 Å². The molecular weight excluding hydrogens is 284 g/mol. The molecule has 0 bridgehead atoms. The molecule has 0 spiro atoms. The molecule has 0 saturated heterocycles. The zero-order valence-corrected chi connectivity index (χ0v) is 13.7. The molecule has 1 N–H and O–H groups in total. The Morgan fingerprint density at radius 1 is 1.00 bits per heavy atom. The first-order valence-corrected chi connectivity index (χ1v) is 8.13. The first kappa shape index (κ1) is 15.3. The van der Waals surface area contributed by atoms with Crippen LogP contribution in [0.25, 0.3) is 22.4 Å². The number of unbranched alkanes of at least 4 members (excludes halogenated alkanes) is 1. The molecule has 0 amide bonds. The van der Waals surface area contributed by atoms with Gasteiger partial charge in [-0.15, -0.1) is 0 Å². The van der Waals surface area contributed by atoms with E-state index in [0.29, 0.717) is 0 Å². The predicted molar refractivity (Wildman–Crippen MR) is 94.4 cm³/mol. The van der Waals surface area contributed by atoms with Gasteiger partial charge in [-0.2, -0.15) is 5.10 Å². The van der Waals surface area contributed by atoms with Crippen LogP contribution >= 0.6 is 0 Å². The van der Waals surface area contributed by atoms with Gasteiger partial charge in [-0.05, 0) is 25.0 Å². The molecule has 0 radical (unpaired) electrons. The second kappa shape index (κ2) is 6.69. The van der Waals surface area contributed by atoms with Crippen LogP contribution in [0, 0.1) is 6.92 Å². The summed E-state index contributed by atoms with van der Waals surface area (Å²) in [5.41, 5.74) is 4.86. The van der Waals surface area contributed by atoms with Crippen molar-refractivity contribution in [3.63, 3.8) is 0 Å². The number of aromatic nitrogens is 2. The molecule has 1 aromatic heterocycles. The molecule has 23 heavy (non-hydrogen) atoms. The van der Waals surface area contributed by atoms with Gasteiger partial charge < -0.3 is 5.11 Å². The van der Waals surface area contributed by atoms with Crippen molar-refractivity contribution in [3.05, 3.63) is 60.2 Å². The Hall–Kier alpha value is -2.55. The van der Waals surface area contributed by atoms with Crippen LogP contribution in [0.1, 0.15) is 25.3 Å². The molecule has 0 fully saturated rings. The molecule has 0 aliphatic rings. The minimum absolute atomic E-state index is 0.251. The summed E-state index contributed by atoms with van der Waals surface area (Å²) in [4.78, 5) is 0. The van der Waals surface area contributed by atoms with Crippen molar-refractivity contribution in [2.75, 3.05) is 0 Å². The molecule has 1 heterocycles. The maximum absolute atomic E-state index is 10.7. The van der Waals surface area contributed by atoms with Crippen molar-refractivity contribution < 1.29 is 5.11 Å². The summed E-state index contributed by atoms with van der Waals surface area (Å²) in [6.45, 7) is 4.94. The van der Waals surface area contributed by atoms with Crippen molar-refractivity contribution in [2.24, 2.45) is 0 Å². The number of rotatable bonds is 5. The molecule has 3 rings (SSSR count). The van der Waals surface area contributed by atoms with E-state index in [1.54, 1.807) is 4.68 Å². The largest absolute Gasteiger partial charge is 0.493 e. The maximum Gasteiger partial charge on any atom is 0.218 e. The standard InChI is InChI=1S/C20H22N2O/c1-3-4-13-22-20(23)18(16-10-6-5-7-11-16)19(21-22)17-12-8-9-15(2)14-17/h5-12,14,23H,3-4,13H2,1-2H3. The number of nitrogens with zero attached hydrogens (tertiary/aromatic N) is 2. The number of hydrogen-bond acceptors (Lipinski definition) is 2. The fraction of sp³-hybridized carbons (Fsp3) is 0.250. The highest BCUT2D eigenvalue weighted by molar-refractivity contribution is 5.84. The first-order valence-electron chi connectivity index (χ1n) is 8.13. The molecule has 2 aromatic carbocycles. The van der Waals surface area contributed by atoms with E-state index in [4.69, 9.17) is 5.10 Å². The van der Waals surface area contributed by atoms with Gasteiger partial charge in [0.1, 0.15) is 5.69 Å². The van der Waals surface area contributed by atoms with E-state index in [0.717, 1.165) is 41.8 Å². The van der Waals surface area contributed by atoms with Crippen LogP contribution in [-0.4, -0.2) is 14.9 Å². The molecule has 3 aromatic rings. The highest BCUT2D eigenvalue weighted by atomic mass is 16.3. The van der Waals surface area contributed by atoms with E-state index in [9.17, 15) is 5.11 Å². The molecule has 3 nitrogen and oxygen atoms in total. The van der Waals surface area contributed by atoms with E-state index < -0.39 is 0 Å². The predicted octanol–water partition coefficient (Wildman–Crippen LogP) is 5.03. The van der Waals surface area contributed by atoms with Gasteiger partial charge in [0.2, 0.25) is 5.88 Å². The van der Waals surface area contributed by atoms with Gasteiger partial charge in [0.05, 0.1) is 5.56 Å². The molecule has 0 unspecified atom stereocenters. The van der Waals surface area contributed by atoms with E-state index >= 15 is 0 Å². The third-order valence-corrected chi connectivity index (χ3v) is 4.00. The molecule has 3 heteroatoms. The number of aromatic hydroxyl groups is 1. The van der Waals surface area contributed by atoms with Gasteiger partial charge in [-0.25, -0.2) is 4.68 Å². The maximum atomic E-state index is 10.7. The van der Waals surface area contributed by atoms with Crippen LogP contribution in [0.15, 0.2) is 54.6 Å². The zero-order valence-electron chi connectivity index (χ0n) is 13.7. The fourth-order valence-corrected chi connectivity index (χ4v) is 2.78. The lowest BCUT2D eigenvalue weighted by Crippen LogP contribution is -1.99. The van der Waals surface area contributed by atoms with E-state index in [1.807, 2.05) is 42.5 Å². The smallest absolute Gasteiger partial charge is 0.218 e. The summed E-state index contributed by atoms with van der Waals surface area (Å²) in [5.74, 6) is 0.251. The van der Waals surface area contributed by atoms with E-state index in [1.165, 1.54) is 5.56 Å². The summed E-state index contributed by atoms with van der Waals surface area (Å²) in [5, 5.41) is 15.4. The van der Waals surface area contributed by atoms with Crippen molar-refractivity contribution in [1.29, 1.82) is 0 Å². The van der Waals surface area contributed by atoms with Gasteiger partial charge in [-0.3, -0.25) is 0 Å². The van der Waals surface area contributed by atoms with Crippen LogP contribution in [0.4, 0.5) is 0 Å². The van der Waals surface area contributed by atoms with Crippen LogP contribution in [0.3, 0.4) is 0 Å². The number of aryl methyl sites for hydroxylation is 2. The van der Waals surface area contributed by atoms with Crippen LogP contribution in [-0.2, 0) is 6.54 Å². The quantitative estimate of drug-likeness (QED) is 0.718. The minimum atomic E-state index is 0.251. The summed E-state index contributed by atoms with van der Waals surface area (Å²) in [7, 11) is 0. The van der Waals surface area contributed by atoms with Gasteiger partial charge in [0.15, 0.2) is 0 Å². The molecule has 0 saturated carbocycles. The Morgan fingerprint density at radius 2 is 1.74 bits per heavy atom. The zero-order chi connectivity index (χ0) is 16.2. The molecular formula is C20H22N2O. The second-order valence-corrected chi connectivity index (χ2v) is 5.86. The van der Waals surface area contributed by atoms with Crippen LogP contribution < -0.4 is 0 Å².